The Morgan fingerprint density at radius 3 is 2.83 bits per heavy atom. The summed E-state index contributed by atoms with van der Waals surface area (Å²) in [5, 5.41) is 3.16. The molecule has 4 heteroatoms. The number of benzene rings is 1. The van der Waals surface area contributed by atoms with Gasteiger partial charge < -0.3 is 0 Å². The largest absolute Gasteiger partial charge is 0.288 e. The standard InChI is InChI=1S/C14H9BrOS2/c1-8-7-11(18-14(8)15)12(16)10-4-2-3-9-5-6-17-13(9)10/h2-7H,1H3. The number of hydrogen-bond acceptors (Lipinski definition) is 3. The molecule has 0 amide bonds. The van der Waals surface area contributed by atoms with E-state index in [2.05, 4.69) is 15.9 Å². The highest BCUT2D eigenvalue weighted by molar-refractivity contribution is 9.11. The average Bonchev–Trinajstić information content (AvgIpc) is 2.95. The van der Waals surface area contributed by atoms with Gasteiger partial charge in [0.15, 0.2) is 0 Å². The fourth-order valence-corrected chi connectivity index (χ4v) is 4.28. The van der Waals surface area contributed by atoms with Crippen molar-refractivity contribution in [2.45, 2.75) is 6.92 Å². The van der Waals surface area contributed by atoms with Crippen LogP contribution in [0.4, 0.5) is 0 Å². The van der Waals surface area contributed by atoms with Crippen molar-refractivity contribution < 1.29 is 4.79 Å². The fourth-order valence-electron chi connectivity index (χ4n) is 1.88. The van der Waals surface area contributed by atoms with E-state index in [4.69, 9.17) is 0 Å². The predicted molar refractivity (Wildman–Crippen MR) is 82.0 cm³/mol. The van der Waals surface area contributed by atoms with Gasteiger partial charge in [0.1, 0.15) is 0 Å². The summed E-state index contributed by atoms with van der Waals surface area (Å²) >= 11 is 6.59. The Bertz CT molecular complexity index is 720. The molecule has 2 aromatic heterocycles. The molecule has 0 saturated carbocycles. The van der Waals surface area contributed by atoms with Crippen molar-refractivity contribution in [3.63, 3.8) is 0 Å². The zero-order valence-electron chi connectivity index (χ0n) is 9.57. The van der Waals surface area contributed by atoms with Gasteiger partial charge in [0.2, 0.25) is 5.78 Å². The van der Waals surface area contributed by atoms with E-state index in [9.17, 15) is 4.79 Å². The Balaban J connectivity index is 2.14. The molecule has 0 atom stereocenters. The summed E-state index contributed by atoms with van der Waals surface area (Å²) in [7, 11) is 0. The number of carbonyl (C=O) groups is 1. The third-order valence-electron chi connectivity index (χ3n) is 2.80. The number of fused-ring (bicyclic) bond motifs is 1. The molecule has 90 valence electrons. The normalized spacial score (nSPS) is 11.0. The molecule has 0 bridgehead atoms. The van der Waals surface area contributed by atoms with Gasteiger partial charge in [-0.25, -0.2) is 0 Å². The topological polar surface area (TPSA) is 17.1 Å². The van der Waals surface area contributed by atoms with Crippen molar-refractivity contribution in [3.8, 4) is 0 Å². The van der Waals surface area contributed by atoms with Crippen LogP contribution >= 0.6 is 38.6 Å². The van der Waals surface area contributed by atoms with Gasteiger partial charge in [-0.3, -0.25) is 4.79 Å². The Morgan fingerprint density at radius 2 is 2.11 bits per heavy atom. The first-order valence-corrected chi connectivity index (χ1v) is 7.92. The Labute approximate surface area is 121 Å². The van der Waals surface area contributed by atoms with Crippen molar-refractivity contribution in [3.05, 3.63) is 55.5 Å². The van der Waals surface area contributed by atoms with Crippen LogP contribution in [0.2, 0.25) is 0 Å². The molecule has 1 aromatic carbocycles. The monoisotopic (exact) mass is 336 g/mol. The lowest BCUT2D eigenvalue weighted by molar-refractivity contribution is 0.104. The van der Waals surface area contributed by atoms with Crippen molar-refractivity contribution in [2.24, 2.45) is 0 Å². The van der Waals surface area contributed by atoms with Crippen LogP contribution in [0.15, 0.2) is 39.5 Å². The van der Waals surface area contributed by atoms with Crippen LogP contribution in [-0.4, -0.2) is 5.78 Å². The third-order valence-corrected chi connectivity index (χ3v) is 5.90. The minimum atomic E-state index is 0.113. The van der Waals surface area contributed by atoms with Crippen LogP contribution in [0, 0.1) is 6.92 Å². The van der Waals surface area contributed by atoms with E-state index in [1.807, 2.05) is 42.6 Å². The number of hydrogen-bond donors (Lipinski definition) is 0. The summed E-state index contributed by atoms with van der Waals surface area (Å²) in [4.78, 5) is 13.3. The first-order valence-electron chi connectivity index (χ1n) is 5.43. The van der Waals surface area contributed by atoms with Gasteiger partial charge in [-0.15, -0.1) is 22.7 Å². The van der Waals surface area contributed by atoms with Gasteiger partial charge in [0.05, 0.1) is 8.66 Å². The summed E-state index contributed by atoms with van der Waals surface area (Å²) in [6.45, 7) is 2.00. The molecular formula is C14H9BrOS2. The molecule has 0 radical (unpaired) electrons. The van der Waals surface area contributed by atoms with Gasteiger partial charge in [0.25, 0.3) is 0 Å². The Kier molecular flexibility index (Phi) is 3.09. The van der Waals surface area contributed by atoms with Crippen LogP contribution in [0.5, 0.6) is 0 Å². The van der Waals surface area contributed by atoms with Gasteiger partial charge in [-0.05, 0) is 57.4 Å². The molecule has 2 heterocycles. The molecule has 0 fully saturated rings. The van der Waals surface area contributed by atoms with E-state index >= 15 is 0 Å². The highest BCUT2D eigenvalue weighted by atomic mass is 79.9. The molecule has 3 rings (SSSR count). The smallest absolute Gasteiger partial charge is 0.204 e. The summed E-state index contributed by atoms with van der Waals surface area (Å²) in [5.74, 6) is 0.113. The highest BCUT2D eigenvalue weighted by Gasteiger charge is 2.16. The first-order chi connectivity index (χ1) is 8.66. The van der Waals surface area contributed by atoms with E-state index in [-0.39, 0.29) is 5.78 Å². The zero-order chi connectivity index (χ0) is 12.7. The van der Waals surface area contributed by atoms with Crippen molar-refractivity contribution in [2.75, 3.05) is 0 Å². The van der Waals surface area contributed by atoms with Crippen LogP contribution in [-0.2, 0) is 0 Å². The maximum atomic E-state index is 12.5. The summed E-state index contributed by atoms with van der Waals surface area (Å²) in [6.07, 6.45) is 0. The van der Waals surface area contributed by atoms with Gasteiger partial charge in [0, 0.05) is 10.3 Å². The highest BCUT2D eigenvalue weighted by Crippen LogP contribution is 2.32. The van der Waals surface area contributed by atoms with Crippen molar-refractivity contribution >= 4 is 54.5 Å². The molecule has 1 nitrogen and oxygen atoms in total. The summed E-state index contributed by atoms with van der Waals surface area (Å²) < 4.78 is 2.11. The van der Waals surface area contributed by atoms with Gasteiger partial charge in [-0.1, -0.05) is 12.1 Å². The van der Waals surface area contributed by atoms with E-state index in [0.29, 0.717) is 0 Å². The number of carbonyl (C=O) groups excluding carboxylic acids is 1. The second-order valence-corrected chi connectivity index (χ2v) is 7.33. The molecule has 0 aliphatic carbocycles. The molecule has 0 aliphatic rings. The number of rotatable bonds is 2. The van der Waals surface area contributed by atoms with Gasteiger partial charge >= 0.3 is 0 Å². The second kappa shape index (κ2) is 4.61. The van der Waals surface area contributed by atoms with Crippen LogP contribution in [0.25, 0.3) is 10.1 Å². The number of aryl methyl sites for hydroxylation is 1. The Morgan fingerprint density at radius 1 is 1.28 bits per heavy atom. The lowest BCUT2D eigenvalue weighted by Crippen LogP contribution is -1.98. The molecule has 0 saturated heterocycles. The quantitative estimate of drug-likeness (QED) is 0.583. The van der Waals surface area contributed by atoms with E-state index in [1.165, 1.54) is 11.3 Å². The zero-order valence-corrected chi connectivity index (χ0v) is 12.8. The fraction of sp³-hybridized carbons (Fsp3) is 0.0714. The van der Waals surface area contributed by atoms with Crippen molar-refractivity contribution in [1.82, 2.24) is 0 Å². The third kappa shape index (κ3) is 1.94. The first kappa shape index (κ1) is 12.1. The van der Waals surface area contributed by atoms with Crippen LogP contribution < -0.4 is 0 Å². The molecule has 0 N–H and O–H groups in total. The maximum Gasteiger partial charge on any atom is 0.204 e. The molecule has 0 aliphatic heterocycles. The van der Waals surface area contributed by atoms with Crippen LogP contribution in [0.3, 0.4) is 0 Å². The lowest BCUT2D eigenvalue weighted by Gasteiger charge is -1.99. The SMILES string of the molecule is Cc1cc(C(=O)c2cccc3ccsc23)sc1Br. The number of ketones is 1. The second-order valence-electron chi connectivity index (χ2n) is 4.04. The Hall–Kier alpha value is -0.970. The predicted octanol–water partition coefficient (Wildman–Crippen LogP) is 5.26. The van der Waals surface area contributed by atoms with E-state index in [0.717, 1.165) is 29.9 Å². The molecule has 3 aromatic rings. The maximum absolute atomic E-state index is 12.5. The van der Waals surface area contributed by atoms with E-state index < -0.39 is 0 Å². The molecule has 0 spiro atoms. The van der Waals surface area contributed by atoms with Crippen LogP contribution in [0.1, 0.15) is 20.8 Å². The minimum Gasteiger partial charge on any atom is -0.288 e. The number of halogens is 1. The summed E-state index contributed by atoms with van der Waals surface area (Å²) in [6, 6.07) is 9.88. The van der Waals surface area contributed by atoms with Gasteiger partial charge in [-0.2, -0.15) is 0 Å². The molecule has 0 unspecified atom stereocenters. The number of thiophene rings is 2. The molecular weight excluding hydrogens is 328 g/mol. The minimum absolute atomic E-state index is 0.113. The lowest BCUT2D eigenvalue weighted by atomic mass is 10.1. The van der Waals surface area contributed by atoms with Crippen molar-refractivity contribution in [1.29, 1.82) is 0 Å². The van der Waals surface area contributed by atoms with E-state index in [1.54, 1.807) is 11.3 Å². The average molecular weight is 337 g/mol. The summed E-state index contributed by atoms with van der Waals surface area (Å²) in [5.41, 5.74) is 1.91. The molecule has 18 heavy (non-hydrogen) atoms.